The zero-order chi connectivity index (χ0) is 19.5. The lowest BCUT2D eigenvalue weighted by molar-refractivity contribution is 0.168. The van der Waals surface area contributed by atoms with Crippen LogP contribution in [0.1, 0.15) is 12.5 Å². The highest BCUT2D eigenvalue weighted by atomic mass is 16.3. The number of hydrogen-bond donors (Lipinski definition) is 3. The largest absolute Gasteiger partial charge is 0.396 e. The number of hydrogen-bond acceptors (Lipinski definition) is 6. The first-order valence-electron chi connectivity index (χ1n) is 9.13. The Balaban J connectivity index is 1.52. The second-order valence-corrected chi connectivity index (χ2v) is 6.82. The van der Waals surface area contributed by atoms with Crippen LogP contribution in [-0.4, -0.2) is 31.0 Å². The Bertz CT molecular complexity index is 1100. The summed E-state index contributed by atoms with van der Waals surface area (Å²) in [4.78, 5) is 8.99. The maximum atomic E-state index is 9.50. The quantitative estimate of drug-likeness (QED) is 0.479. The summed E-state index contributed by atoms with van der Waals surface area (Å²) in [6.45, 7) is 2.78. The standard InChI is InChI=1S/C21H22N6O/c1-14(28)12-27-13-17(11-25-27)20-7-5-18(22)21(26-20)24-10-15-4-6-19-16(9-15)3-2-8-23-19/h2-9,11,13-14,28H,10,12,22H2,1H3,(H,24,26). The van der Waals surface area contributed by atoms with Gasteiger partial charge in [-0.1, -0.05) is 12.1 Å². The molecule has 0 bridgehead atoms. The molecule has 1 unspecified atom stereocenters. The lowest BCUT2D eigenvalue weighted by Crippen LogP contribution is -2.11. The number of anilines is 2. The zero-order valence-corrected chi connectivity index (χ0v) is 15.6. The van der Waals surface area contributed by atoms with Crippen molar-refractivity contribution in [3.63, 3.8) is 0 Å². The van der Waals surface area contributed by atoms with E-state index in [-0.39, 0.29) is 0 Å². The van der Waals surface area contributed by atoms with Crippen LogP contribution in [0, 0.1) is 0 Å². The van der Waals surface area contributed by atoms with E-state index in [9.17, 15) is 5.11 Å². The number of nitrogens with two attached hydrogens (primary N) is 1. The number of aromatic nitrogens is 4. The van der Waals surface area contributed by atoms with E-state index in [1.54, 1.807) is 24.0 Å². The van der Waals surface area contributed by atoms with Crippen LogP contribution in [0.3, 0.4) is 0 Å². The van der Waals surface area contributed by atoms with E-state index >= 15 is 0 Å². The van der Waals surface area contributed by atoms with Crippen molar-refractivity contribution < 1.29 is 5.11 Å². The Morgan fingerprint density at radius 2 is 2.11 bits per heavy atom. The number of benzene rings is 1. The normalized spacial score (nSPS) is 12.2. The number of aliphatic hydroxyl groups excluding tert-OH is 1. The molecule has 0 amide bonds. The number of rotatable bonds is 6. The first kappa shape index (κ1) is 17.9. The number of pyridine rings is 2. The fourth-order valence-electron chi connectivity index (χ4n) is 3.06. The molecule has 0 aliphatic rings. The van der Waals surface area contributed by atoms with Crippen LogP contribution in [0.2, 0.25) is 0 Å². The van der Waals surface area contributed by atoms with Gasteiger partial charge >= 0.3 is 0 Å². The van der Waals surface area contributed by atoms with E-state index < -0.39 is 6.10 Å². The zero-order valence-electron chi connectivity index (χ0n) is 15.6. The van der Waals surface area contributed by atoms with Crippen LogP contribution in [0.25, 0.3) is 22.2 Å². The molecule has 4 aromatic rings. The predicted octanol–water partition coefficient (Wildman–Crippen LogP) is 3.07. The molecule has 4 N–H and O–H groups in total. The van der Waals surface area contributed by atoms with Crippen LogP contribution >= 0.6 is 0 Å². The van der Waals surface area contributed by atoms with Gasteiger partial charge in [-0.3, -0.25) is 9.67 Å². The van der Waals surface area contributed by atoms with Crippen molar-refractivity contribution >= 4 is 22.4 Å². The van der Waals surface area contributed by atoms with Crippen molar-refractivity contribution in [1.82, 2.24) is 19.7 Å². The van der Waals surface area contributed by atoms with Gasteiger partial charge in [0, 0.05) is 29.9 Å². The second kappa shape index (κ2) is 7.66. The summed E-state index contributed by atoms with van der Waals surface area (Å²) in [6.07, 6.45) is 4.94. The van der Waals surface area contributed by atoms with Crippen molar-refractivity contribution in [1.29, 1.82) is 0 Å². The molecule has 7 nitrogen and oxygen atoms in total. The van der Waals surface area contributed by atoms with Crippen molar-refractivity contribution in [2.45, 2.75) is 26.1 Å². The molecule has 0 aliphatic heterocycles. The van der Waals surface area contributed by atoms with Gasteiger partial charge in [0.1, 0.15) is 5.82 Å². The summed E-state index contributed by atoms with van der Waals surface area (Å²) in [5, 5.41) is 18.2. The minimum Gasteiger partial charge on any atom is -0.396 e. The summed E-state index contributed by atoms with van der Waals surface area (Å²) in [6, 6.07) is 13.8. The maximum absolute atomic E-state index is 9.50. The Morgan fingerprint density at radius 1 is 1.21 bits per heavy atom. The van der Waals surface area contributed by atoms with Gasteiger partial charge in [-0.05, 0) is 42.8 Å². The third kappa shape index (κ3) is 3.94. The SMILES string of the molecule is CC(O)Cn1cc(-c2ccc(N)c(NCc3ccc4ncccc4c3)n2)cn1. The molecule has 4 rings (SSSR count). The van der Waals surface area contributed by atoms with Crippen molar-refractivity contribution in [2.75, 3.05) is 11.1 Å². The predicted molar refractivity (Wildman–Crippen MR) is 111 cm³/mol. The molecule has 0 aliphatic carbocycles. The second-order valence-electron chi connectivity index (χ2n) is 6.82. The summed E-state index contributed by atoms with van der Waals surface area (Å²) >= 11 is 0. The Labute approximate surface area is 162 Å². The molecule has 0 spiro atoms. The average molecular weight is 374 g/mol. The lowest BCUT2D eigenvalue weighted by atomic mass is 10.1. The minimum atomic E-state index is -0.457. The van der Waals surface area contributed by atoms with E-state index in [0.29, 0.717) is 24.6 Å². The number of nitrogens with zero attached hydrogens (tertiary/aromatic N) is 4. The van der Waals surface area contributed by atoms with E-state index in [0.717, 1.165) is 27.7 Å². The first-order chi connectivity index (χ1) is 13.6. The summed E-state index contributed by atoms with van der Waals surface area (Å²) < 4.78 is 1.70. The summed E-state index contributed by atoms with van der Waals surface area (Å²) in [5.41, 5.74) is 10.4. The molecule has 3 heterocycles. The van der Waals surface area contributed by atoms with Crippen LogP contribution in [0.5, 0.6) is 0 Å². The van der Waals surface area contributed by atoms with Crippen LogP contribution in [0.4, 0.5) is 11.5 Å². The Hall–Kier alpha value is -3.45. The number of nitrogen functional groups attached to an aromatic ring is 1. The summed E-state index contributed by atoms with van der Waals surface area (Å²) in [5.74, 6) is 0.632. The van der Waals surface area contributed by atoms with E-state index in [1.165, 1.54) is 0 Å². The van der Waals surface area contributed by atoms with Crippen molar-refractivity contribution in [2.24, 2.45) is 0 Å². The third-order valence-electron chi connectivity index (χ3n) is 4.43. The summed E-state index contributed by atoms with van der Waals surface area (Å²) in [7, 11) is 0. The van der Waals surface area contributed by atoms with Crippen LogP contribution in [0.15, 0.2) is 61.1 Å². The van der Waals surface area contributed by atoms with E-state index in [1.807, 2.05) is 42.6 Å². The molecular weight excluding hydrogens is 352 g/mol. The van der Waals surface area contributed by atoms with E-state index in [2.05, 4.69) is 26.4 Å². The Morgan fingerprint density at radius 3 is 2.96 bits per heavy atom. The average Bonchev–Trinajstić information content (AvgIpc) is 3.15. The van der Waals surface area contributed by atoms with Crippen LogP contribution in [-0.2, 0) is 13.1 Å². The highest BCUT2D eigenvalue weighted by Gasteiger charge is 2.09. The van der Waals surface area contributed by atoms with E-state index in [4.69, 9.17) is 5.73 Å². The highest BCUT2D eigenvalue weighted by molar-refractivity contribution is 5.79. The van der Waals surface area contributed by atoms with Gasteiger partial charge in [0.25, 0.3) is 0 Å². The molecule has 28 heavy (non-hydrogen) atoms. The maximum Gasteiger partial charge on any atom is 0.150 e. The first-order valence-corrected chi connectivity index (χ1v) is 9.13. The fourth-order valence-corrected chi connectivity index (χ4v) is 3.06. The monoisotopic (exact) mass is 374 g/mol. The van der Waals surface area contributed by atoms with Crippen molar-refractivity contribution in [3.05, 3.63) is 66.6 Å². The minimum absolute atomic E-state index is 0.441. The molecule has 0 radical (unpaired) electrons. The van der Waals surface area contributed by atoms with Gasteiger partial charge in [0.2, 0.25) is 0 Å². The lowest BCUT2D eigenvalue weighted by Gasteiger charge is -2.10. The molecule has 0 saturated heterocycles. The van der Waals surface area contributed by atoms with Crippen LogP contribution < -0.4 is 11.1 Å². The van der Waals surface area contributed by atoms with Gasteiger partial charge in [-0.15, -0.1) is 0 Å². The van der Waals surface area contributed by atoms with Gasteiger partial charge in [-0.25, -0.2) is 4.98 Å². The highest BCUT2D eigenvalue weighted by Crippen LogP contribution is 2.24. The third-order valence-corrected chi connectivity index (χ3v) is 4.43. The number of fused-ring (bicyclic) bond motifs is 1. The van der Waals surface area contributed by atoms with Gasteiger partial charge in [-0.2, -0.15) is 5.10 Å². The van der Waals surface area contributed by atoms with Crippen molar-refractivity contribution in [3.8, 4) is 11.3 Å². The smallest absolute Gasteiger partial charge is 0.150 e. The molecule has 142 valence electrons. The molecule has 0 saturated carbocycles. The molecule has 3 aromatic heterocycles. The van der Waals surface area contributed by atoms with Gasteiger partial charge in [0.05, 0.1) is 35.7 Å². The topological polar surface area (TPSA) is 102 Å². The van der Waals surface area contributed by atoms with Gasteiger partial charge in [0.15, 0.2) is 0 Å². The number of aliphatic hydroxyl groups is 1. The fraction of sp³-hybridized carbons (Fsp3) is 0.190. The molecule has 7 heteroatoms. The molecule has 1 aromatic carbocycles. The Kier molecular flexibility index (Phi) is 4.90. The molecular formula is C21H22N6O. The molecule has 0 fully saturated rings. The molecule has 1 atom stereocenters. The number of nitrogens with one attached hydrogen (secondary N) is 1. The van der Waals surface area contributed by atoms with Gasteiger partial charge < -0.3 is 16.2 Å².